The van der Waals surface area contributed by atoms with E-state index in [2.05, 4.69) is 15.9 Å². The number of hydrogen-bond donors (Lipinski definition) is 0. The molecule has 0 heterocycles. The Morgan fingerprint density at radius 2 is 1.25 bits per heavy atom. The van der Waals surface area contributed by atoms with Crippen LogP contribution in [0.4, 0.5) is 17.6 Å². The first-order chi connectivity index (χ1) is 5.04. The van der Waals surface area contributed by atoms with Crippen LogP contribution >= 0.6 is 15.9 Å². The molecule has 0 bridgehead atoms. The van der Waals surface area contributed by atoms with Crippen molar-refractivity contribution in [2.75, 3.05) is 0 Å². The Kier molecular flexibility index (Phi) is 4.32. The molecule has 0 aliphatic heterocycles. The predicted molar refractivity (Wildman–Crippen MR) is 32.8 cm³/mol. The first-order valence-corrected chi connectivity index (χ1v) is 3.24. The Hall–Kier alpha value is 0.0174. The largest absolute Gasteiger partial charge is 1.00 e. The van der Waals surface area contributed by atoms with Crippen molar-refractivity contribution in [2.24, 2.45) is 0 Å². The second kappa shape index (κ2) is 4.31. The zero-order valence-corrected chi connectivity index (χ0v) is 7.48. The molecular formula is C6BrF4Li. The van der Waals surface area contributed by atoms with E-state index in [-0.39, 0.29) is 18.9 Å². The summed E-state index contributed by atoms with van der Waals surface area (Å²) in [5.74, 6) is -6.06. The first-order valence-electron chi connectivity index (χ1n) is 2.44. The molecule has 0 saturated carbocycles. The van der Waals surface area contributed by atoms with Crippen LogP contribution < -0.4 is 18.9 Å². The molecule has 0 aliphatic carbocycles. The first kappa shape index (κ1) is 12.0. The van der Waals surface area contributed by atoms with Crippen LogP contribution in [0.15, 0.2) is 4.47 Å². The summed E-state index contributed by atoms with van der Waals surface area (Å²) in [6.07, 6.45) is 0. The average Bonchev–Trinajstić information content (AvgIpc) is 1.97. The molecule has 0 nitrogen and oxygen atoms in total. The van der Waals surface area contributed by atoms with E-state index in [1.54, 1.807) is 0 Å². The third-order valence-electron chi connectivity index (χ3n) is 0.990. The molecule has 1 rings (SSSR count). The molecule has 60 valence electrons. The Balaban J connectivity index is 0.00000121. The van der Waals surface area contributed by atoms with Crippen molar-refractivity contribution in [1.29, 1.82) is 0 Å². The van der Waals surface area contributed by atoms with Gasteiger partial charge < -0.3 is 0 Å². The van der Waals surface area contributed by atoms with E-state index in [4.69, 9.17) is 0 Å². The standard InChI is InChI=1S/C6BrF4.Li/c7-4-5(10)2(8)1-3(9)6(4)11;/q-1;+1. The van der Waals surface area contributed by atoms with E-state index < -0.39 is 27.7 Å². The van der Waals surface area contributed by atoms with Crippen molar-refractivity contribution in [2.45, 2.75) is 0 Å². The molecule has 12 heavy (non-hydrogen) atoms. The number of benzene rings is 1. The second-order valence-corrected chi connectivity index (χ2v) is 2.49. The Morgan fingerprint density at radius 3 is 1.58 bits per heavy atom. The predicted octanol–water partition coefficient (Wildman–Crippen LogP) is -0.190. The van der Waals surface area contributed by atoms with Crippen molar-refractivity contribution < 1.29 is 36.4 Å². The molecule has 0 radical (unpaired) electrons. The molecule has 0 amide bonds. The molecule has 0 aliphatic rings. The maximum atomic E-state index is 12.3. The van der Waals surface area contributed by atoms with Gasteiger partial charge in [0.05, 0.1) is 11.6 Å². The van der Waals surface area contributed by atoms with Crippen LogP contribution in [0.1, 0.15) is 0 Å². The number of halogens is 5. The summed E-state index contributed by atoms with van der Waals surface area (Å²) in [5, 5.41) is 0. The van der Waals surface area contributed by atoms with Crippen molar-refractivity contribution in [1.82, 2.24) is 0 Å². The van der Waals surface area contributed by atoms with Gasteiger partial charge in [-0.3, -0.25) is 8.78 Å². The van der Waals surface area contributed by atoms with Gasteiger partial charge in [-0.05, 0) is 4.47 Å². The van der Waals surface area contributed by atoms with Gasteiger partial charge in [0.2, 0.25) is 0 Å². The molecule has 0 spiro atoms. The van der Waals surface area contributed by atoms with Crippen LogP contribution in [0.25, 0.3) is 0 Å². The van der Waals surface area contributed by atoms with Gasteiger partial charge in [0.25, 0.3) is 0 Å². The SMILES string of the molecule is Fc1[c-]c(F)c(F)c(Br)c1F.[Li+]. The summed E-state index contributed by atoms with van der Waals surface area (Å²) < 4.78 is 48.1. The molecule has 6 heteroatoms. The van der Waals surface area contributed by atoms with Gasteiger partial charge in [-0.1, -0.05) is 15.9 Å². The van der Waals surface area contributed by atoms with Crippen molar-refractivity contribution in [3.63, 3.8) is 0 Å². The zero-order valence-electron chi connectivity index (χ0n) is 5.89. The summed E-state index contributed by atoms with van der Waals surface area (Å²) in [6.45, 7) is 0. The van der Waals surface area contributed by atoms with Gasteiger partial charge in [-0.2, -0.15) is 0 Å². The third-order valence-corrected chi connectivity index (χ3v) is 1.69. The summed E-state index contributed by atoms with van der Waals surface area (Å²) in [4.78, 5) is 0. The smallest absolute Gasteiger partial charge is 0.280 e. The molecule has 0 saturated heterocycles. The van der Waals surface area contributed by atoms with Crippen LogP contribution in [0, 0.1) is 29.3 Å². The van der Waals surface area contributed by atoms with Gasteiger partial charge >= 0.3 is 18.9 Å². The topological polar surface area (TPSA) is 0 Å². The van der Waals surface area contributed by atoms with Crippen LogP contribution in [0.3, 0.4) is 0 Å². The Morgan fingerprint density at radius 1 is 0.917 bits per heavy atom. The van der Waals surface area contributed by atoms with E-state index in [0.717, 1.165) is 0 Å². The quantitative estimate of drug-likeness (QED) is 0.192. The average molecular weight is 235 g/mol. The van der Waals surface area contributed by atoms with Crippen molar-refractivity contribution in [3.8, 4) is 0 Å². The van der Waals surface area contributed by atoms with Crippen molar-refractivity contribution in [3.05, 3.63) is 33.8 Å². The summed E-state index contributed by atoms with van der Waals surface area (Å²) in [5.41, 5.74) is 0. The Labute approximate surface area is 86.3 Å². The maximum Gasteiger partial charge on any atom is 1.00 e. The van der Waals surface area contributed by atoms with Gasteiger partial charge in [-0.25, -0.2) is 8.78 Å². The molecular weight excluding hydrogens is 235 g/mol. The summed E-state index contributed by atoms with van der Waals surface area (Å²) in [6, 6.07) is 1.23. The van der Waals surface area contributed by atoms with E-state index in [9.17, 15) is 17.6 Å². The molecule has 1 aromatic carbocycles. The monoisotopic (exact) mass is 234 g/mol. The molecule has 1 aromatic rings. The minimum absolute atomic E-state index is 0. The Bertz CT molecular complexity index is 276. The van der Waals surface area contributed by atoms with E-state index in [1.165, 1.54) is 6.07 Å². The second-order valence-electron chi connectivity index (χ2n) is 1.69. The number of rotatable bonds is 0. The number of hydrogen-bond acceptors (Lipinski definition) is 0. The molecule has 0 N–H and O–H groups in total. The minimum atomic E-state index is -1.55. The molecule has 0 atom stereocenters. The van der Waals surface area contributed by atoms with E-state index >= 15 is 0 Å². The van der Waals surface area contributed by atoms with Crippen molar-refractivity contribution >= 4 is 15.9 Å². The van der Waals surface area contributed by atoms with Crippen LogP contribution in [0.2, 0.25) is 0 Å². The molecule has 0 aromatic heterocycles. The normalized spacial score (nSPS) is 9.42. The van der Waals surface area contributed by atoms with E-state index in [1.807, 2.05) is 0 Å². The van der Waals surface area contributed by atoms with Crippen LogP contribution in [-0.2, 0) is 0 Å². The third kappa shape index (κ3) is 2.03. The zero-order chi connectivity index (χ0) is 8.59. The fraction of sp³-hybridized carbons (Fsp3) is 0. The van der Waals surface area contributed by atoms with Crippen LogP contribution in [-0.4, -0.2) is 0 Å². The van der Waals surface area contributed by atoms with Gasteiger partial charge in [0, 0.05) is 11.6 Å². The van der Waals surface area contributed by atoms with Gasteiger partial charge in [0.1, 0.15) is 0 Å². The fourth-order valence-corrected chi connectivity index (χ4v) is 0.843. The van der Waals surface area contributed by atoms with Gasteiger partial charge in [-0.15, -0.1) is 6.07 Å². The van der Waals surface area contributed by atoms with Gasteiger partial charge in [0.15, 0.2) is 0 Å². The maximum absolute atomic E-state index is 12.3. The fourth-order valence-electron chi connectivity index (χ4n) is 0.495. The van der Waals surface area contributed by atoms with Crippen LogP contribution in [0.5, 0.6) is 0 Å². The summed E-state index contributed by atoms with van der Waals surface area (Å²) in [7, 11) is 0. The minimum Gasteiger partial charge on any atom is -0.280 e. The molecule has 0 unspecified atom stereocenters. The molecule has 0 fully saturated rings. The summed E-state index contributed by atoms with van der Waals surface area (Å²) >= 11 is 2.33. The van der Waals surface area contributed by atoms with E-state index in [0.29, 0.717) is 0 Å².